The van der Waals surface area contributed by atoms with E-state index >= 15 is 0 Å². The van der Waals surface area contributed by atoms with Crippen LogP contribution in [-0.2, 0) is 55.9 Å². The molecule has 0 radical (unpaired) electrons. The quantitative estimate of drug-likeness (QED) is 0.0554. The van der Waals surface area contributed by atoms with Gasteiger partial charge in [0.2, 0.25) is 41.4 Å². The van der Waals surface area contributed by atoms with Gasteiger partial charge in [0, 0.05) is 55.7 Å². The summed E-state index contributed by atoms with van der Waals surface area (Å²) in [7, 11) is 0. The van der Waals surface area contributed by atoms with E-state index in [1.54, 1.807) is 36.5 Å². The molecular weight excluding hydrogens is 837 g/mol. The Morgan fingerprint density at radius 1 is 0.785 bits per heavy atom. The third-order valence-corrected chi connectivity index (χ3v) is 11.3. The number of rotatable bonds is 21. The molecule has 1 aliphatic rings. The number of aromatic amines is 1. The van der Waals surface area contributed by atoms with Crippen molar-refractivity contribution in [3.05, 3.63) is 71.9 Å². The Morgan fingerprint density at radius 2 is 1.43 bits per heavy atom. The van der Waals surface area contributed by atoms with Crippen molar-refractivity contribution in [3.63, 3.8) is 0 Å². The Labute approximate surface area is 379 Å². The van der Waals surface area contributed by atoms with Gasteiger partial charge in [-0.25, -0.2) is 4.79 Å². The number of unbranched alkanes of at least 4 members (excludes halogenated alkanes) is 8. The Balaban J connectivity index is 1.56. The highest BCUT2D eigenvalue weighted by atomic mass is 16.5. The molecule has 65 heavy (non-hydrogen) atoms. The molecule has 7 amide bonds. The monoisotopic (exact) mass is 902 g/mol. The van der Waals surface area contributed by atoms with E-state index in [2.05, 4.69) is 43.8 Å². The van der Waals surface area contributed by atoms with Gasteiger partial charge in [-0.05, 0) is 37.0 Å². The molecule has 18 nitrogen and oxygen atoms in total. The number of hydrogen-bond donors (Lipinski definition) is 9. The number of carbonyl (C=O) groups is 8. The first kappa shape index (κ1) is 51.3. The minimum Gasteiger partial charge on any atom is -0.458 e. The number of H-pyrrole nitrogens is 1. The third kappa shape index (κ3) is 17.3. The number of aromatic nitrogens is 1. The molecule has 18 heteroatoms. The third-order valence-electron chi connectivity index (χ3n) is 11.3. The molecule has 3 aromatic rings. The van der Waals surface area contributed by atoms with Crippen molar-refractivity contribution in [1.29, 1.82) is 0 Å². The molecule has 10 N–H and O–H groups in total. The van der Waals surface area contributed by atoms with Crippen LogP contribution >= 0.6 is 0 Å². The molecular formula is C47H66N8O10. The number of benzene rings is 2. The molecule has 2 aromatic carbocycles. The zero-order chi connectivity index (χ0) is 47.1. The smallest absolute Gasteiger partial charge is 0.329 e. The molecule has 6 atom stereocenters. The number of aliphatic hydroxyl groups excluding tert-OH is 1. The van der Waals surface area contributed by atoms with Crippen molar-refractivity contribution in [1.82, 2.24) is 36.9 Å². The van der Waals surface area contributed by atoms with Crippen LogP contribution in [-0.4, -0.2) is 107 Å². The van der Waals surface area contributed by atoms with Crippen LogP contribution < -0.4 is 37.6 Å². The Morgan fingerprint density at radius 3 is 2.12 bits per heavy atom. The molecule has 1 fully saturated rings. The SMILES string of the molecule is CCCCCCCCCCCC(=O)N[C@@H](CCC(N)=O)C(=O)N[C@@H]1C(=O)NCCC(=O)N[C@H](Cc2c[nH]c3ccccc23)C(=O)N[C@@H](CO)C(=O)N[C@H](Cc2ccccc2)C(=O)O[C@@H]1C. The summed E-state index contributed by atoms with van der Waals surface area (Å²) in [6, 6.07) is 8.84. The van der Waals surface area contributed by atoms with Gasteiger partial charge in [-0.2, -0.15) is 0 Å². The molecule has 354 valence electrons. The molecule has 1 aromatic heterocycles. The number of primary amides is 1. The summed E-state index contributed by atoms with van der Waals surface area (Å²) < 4.78 is 5.76. The lowest BCUT2D eigenvalue weighted by molar-refractivity contribution is -0.156. The summed E-state index contributed by atoms with van der Waals surface area (Å²) in [4.78, 5) is 111. The highest BCUT2D eigenvalue weighted by molar-refractivity contribution is 5.96. The van der Waals surface area contributed by atoms with Gasteiger partial charge in [0.15, 0.2) is 0 Å². The lowest BCUT2D eigenvalue weighted by atomic mass is 10.0. The van der Waals surface area contributed by atoms with Crippen molar-refractivity contribution in [2.24, 2.45) is 5.73 Å². The first-order chi connectivity index (χ1) is 31.3. The Kier molecular flexibility index (Phi) is 21.4. The van der Waals surface area contributed by atoms with Crippen LogP contribution in [0.4, 0.5) is 0 Å². The summed E-state index contributed by atoms with van der Waals surface area (Å²) in [5.41, 5.74) is 7.48. The predicted octanol–water partition coefficient (Wildman–Crippen LogP) is 2.01. The van der Waals surface area contributed by atoms with Crippen LogP contribution in [0.15, 0.2) is 60.8 Å². The van der Waals surface area contributed by atoms with Gasteiger partial charge < -0.3 is 52.5 Å². The van der Waals surface area contributed by atoms with Gasteiger partial charge in [-0.3, -0.25) is 33.6 Å². The number of amides is 7. The number of hydrogen-bond acceptors (Lipinski definition) is 10. The lowest BCUT2D eigenvalue weighted by Gasteiger charge is -2.28. The van der Waals surface area contributed by atoms with E-state index < -0.39 is 90.2 Å². The standard InChI is InChI=1S/C47H66N8O10/c1-3-4-5-6-7-8-9-10-14-21-40(58)51-35(22-23-39(48)57)43(60)55-42-30(2)65-47(64)37(26-31-17-12-11-13-18-31)53-45(62)38(29-56)54-44(61)36(52-41(59)24-25-49-46(42)63)27-32-28-50-34-20-16-15-19-33(32)34/h11-13,15-20,28,30,35-38,42,50,56H,3-10,14,21-27,29H2,1-2H3,(H2,48,57)(H,49,63)(H,51,58)(H,52,59)(H,53,62)(H,54,61)(H,55,60)/t30-,35+,36-,37-,38+,42+/m1/s1. The summed E-state index contributed by atoms with van der Waals surface area (Å²) >= 11 is 0. The number of aliphatic hydroxyl groups is 1. The highest BCUT2D eigenvalue weighted by Crippen LogP contribution is 2.20. The van der Waals surface area contributed by atoms with E-state index in [1.807, 2.05) is 24.3 Å². The fourth-order valence-corrected chi connectivity index (χ4v) is 7.59. The van der Waals surface area contributed by atoms with Gasteiger partial charge >= 0.3 is 5.97 Å². The van der Waals surface area contributed by atoms with E-state index in [-0.39, 0.29) is 45.1 Å². The number of para-hydroxylation sites is 1. The van der Waals surface area contributed by atoms with Crippen LogP contribution in [0.25, 0.3) is 10.9 Å². The molecule has 1 saturated heterocycles. The second-order valence-electron chi connectivity index (χ2n) is 16.6. The number of fused-ring (bicyclic) bond motifs is 1. The maximum Gasteiger partial charge on any atom is 0.329 e. The van der Waals surface area contributed by atoms with E-state index in [4.69, 9.17) is 10.5 Å². The average Bonchev–Trinajstić information content (AvgIpc) is 3.69. The van der Waals surface area contributed by atoms with Crippen molar-refractivity contribution in [2.75, 3.05) is 13.2 Å². The van der Waals surface area contributed by atoms with Gasteiger partial charge in [0.1, 0.15) is 36.3 Å². The normalized spacial score (nSPS) is 20.6. The van der Waals surface area contributed by atoms with Crippen molar-refractivity contribution >= 4 is 58.2 Å². The zero-order valence-electron chi connectivity index (χ0n) is 37.5. The number of nitrogens with one attached hydrogen (secondary N) is 7. The molecule has 0 unspecified atom stereocenters. The molecule has 0 bridgehead atoms. The highest BCUT2D eigenvalue weighted by Gasteiger charge is 2.36. The number of ether oxygens (including phenoxy) is 1. The fraction of sp³-hybridized carbons (Fsp3) is 0.532. The molecule has 0 spiro atoms. The lowest BCUT2D eigenvalue weighted by Crippen LogP contribution is -2.59. The summed E-state index contributed by atoms with van der Waals surface area (Å²) in [6.07, 6.45) is 8.88. The van der Waals surface area contributed by atoms with E-state index in [0.717, 1.165) is 36.6 Å². The van der Waals surface area contributed by atoms with Crippen LogP contribution in [0.1, 0.15) is 108 Å². The second-order valence-corrected chi connectivity index (χ2v) is 16.6. The Bertz CT molecular complexity index is 2060. The van der Waals surface area contributed by atoms with E-state index in [9.17, 15) is 43.5 Å². The minimum atomic E-state index is -1.60. The van der Waals surface area contributed by atoms with Gasteiger partial charge in [-0.15, -0.1) is 0 Å². The minimum absolute atomic E-state index is 0.0189. The Hall–Kier alpha value is -6.30. The predicted molar refractivity (Wildman–Crippen MR) is 242 cm³/mol. The summed E-state index contributed by atoms with van der Waals surface area (Å²) in [5, 5.41) is 26.7. The van der Waals surface area contributed by atoms with Gasteiger partial charge in [0.25, 0.3) is 0 Å². The molecule has 2 heterocycles. The summed E-state index contributed by atoms with van der Waals surface area (Å²) in [5.74, 6) is -6.26. The second kappa shape index (κ2) is 27.1. The molecule has 0 aliphatic carbocycles. The maximum atomic E-state index is 14.0. The van der Waals surface area contributed by atoms with Gasteiger partial charge in [0.05, 0.1) is 6.61 Å². The topological polar surface area (TPSA) is 280 Å². The summed E-state index contributed by atoms with van der Waals surface area (Å²) in [6.45, 7) is 2.36. The van der Waals surface area contributed by atoms with Crippen molar-refractivity contribution < 1.29 is 48.2 Å². The van der Waals surface area contributed by atoms with Crippen LogP contribution in [0, 0.1) is 0 Å². The van der Waals surface area contributed by atoms with Crippen LogP contribution in [0.5, 0.6) is 0 Å². The fourth-order valence-electron chi connectivity index (χ4n) is 7.59. The zero-order valence-corrected chi connectivity index (χ0v) is 37.5. The van der Waals surface area contributed by atoms with Crippen molar-refractivity contribution in [3.8, 4) is 0 Å². The number of nitrogens with two attached hydrogens (primary N) is 1. The largest absolute Gasteiger partial charge is 0.458 e. The van der Waals surface area contributed by atoms with Crippen LogP contribution in [0.2, 0.25) is 0 Å². The first-order valence-electron chi connectivity index (χ1n) is 22.8. The molecule has 1 aliphatic heterocycles. The van der Waals surface area contributed by atoms with Crippen molar-refractivity contribution in [2.45, 2.75) is 146 Å². The van der Waals surface area contributed by atoms with Gasteiger partial charge in [-0.1, -0.05) is 107 Å². The van der Waals surface area contributed by atoms with Crippen LogP contribution in [0.3, 0.4) is 0 Å². The van der Waals surface area contributed by atoms with E-state index in [0.29, 0.717) is 17.5 Å². The molecule has 0 saturated carbocycles. The number of esters is 1. The number of carbonyl (C=O) groups excluding carboxylic acids is 8. The maximum absolute atomic E-state index is 14.0. The average molecular weight is 903 g/mol. The molecule has 4 rings (SSSR count). The first-order valence-corrected chi connectivity index (χ1v) is 22.8. The number of cyclic esters (lactones) is 1. The van der Waals surface area contributed by atoms with E-state index in [1.165, 1.54) is 32.6 Å².